The molecule has 5 nitrogen and oxygen atoms in total. The van der Waals surface area contributed by atoms with Gasteiger partial charge in [-0.05, 0) is 30.0 Å². The molecule has 1 amide bonds. The van der Waals surface area contributed by atoms with Gasteiger partial charge in [-0.25, -0.2) is 0 Å². The van der Waals surface area contributed by atoms with E-state index in [2.05, 4.69) is 13.8 Å². The zero-order valence-electron chi connectivity index (χ0n) is 13.3. The highest BCUT2D eigenvalue weighted by atomic mass is 16.5. The van der Waals surface area contributed by atoms with Gasteiger partial charge in [0.1, 0.15) is 5.75 Å². The molecule has 0 aromatic heterocycles. The molecule has 1 aromatic carbocycles. The van der Waals surface area contributed by atoms with E-state index in [9.17, 15) is 14.7 Å². The van der Waals surface area contributed by atoms with E-state index in [-0.39, 0.29) is 12.3 Å². The summed E-state index contributed by atoms with van der Waals surface area (Å²) in [6.45, 7) is 4.78. The number of likely N-dealkylation sites (tertiary alicyclic amines) is 1. The molecule has 1 heterocycles. The van der Waals surface area contributed by atoms with Gasteiger partial charge < -0.3 is 14.7 Å². The van der Waals surface area contributed by atoms with Crippen molar-refractivity contribution in [3.05, 3.63) is 29.8 Å². The number of benzene rings is 1. The molecular weight excluding hydrogens is 282 g/mol. The third-order valence-electron chi connectivity index (χ3n) is 4.15. The summed E-state index contributed by atoms with van der Waals surface area (Å²) in [6, 6.07) is 6.91. The highest BCUT2D eigenvalue weighted by molar-refractivity contribution is 5.87. The zero-order chi connectivity index (χ0) is 16.3. The Labute approximate surface area is 130 Å². The highest BCUT2D eigenvalue weighted by Crippen LogP contribution is 2.39. The van der Waals surface area contributed by atoms with Gasteiger partial charge in [-0.15, -0.1) is 0 Å². The second kappa shape index (κ2) is 6.81. The van der Waals surface area contributed by atoms with E-state index >= 15 is 0 Å². The predicted octanol–water partition coefficient (Wildman–Crippen LogP) is 2.72. The van der Waals surface area contributed by atoms with Crippen LogP contribution in [0.25, 0.3) is 0 Å². The summed E-state index contributed by atoms with van der Waals surface area (Å²) in [4.78, 5) is 25.5. The molecule has 5 heteroatoms. The number of amides is 1. The second-order valence-corrected chi connectivity index (χ2v) is 6.14. The maximum absolute atomic E-state index is 12.2. The van der Waals surface area contributed by atoms with Crippen molar-refractivity contribution in [1.82, 2.24) is 4.90 Å². The van der Waals surface area contributed by atoms with Crippen LogP contribution in [-0.4, -0.2) is 35.5 Å². The van der Waals surface area contributed by atoms with Crippen molar-refractivity contribution in [2.75, 3.05) is 13.7 Å². The van der Waals surface area contributed by atoms with E-state index in [0.29, 0.717) is 18.2 Å². The van der Waals surface area contributed by atoms with Crippen LogP contribution in [0.1, 0.15) is 38.3 Å². The largest absolute Gasteiger partial charge is 0.497 e. The normalized spacial score (nSPS) is 21.5. The number of aliphatic carboxylic acids is 1. The van der Waals surface area contributed by atoms with Crippen molar-refractivity contribution in [2.45, 2.75) is 32.7 Å². The number of rotatable bonds is 6. The average molecular weight is 305 g/mol. The molecule has 1 fully saturated rings. The van der Waals surface area contributed by atoms with Crippen LogP contribution >= 0.6 is 0 Å². The first-order valence-corrected chi connectivity index (χ1v) is 7.60. The standard InChI is InChI=1S/C17H23NO4/c1-11(2)8-9-18-15(19)10-14(17(20)21)16(18)12-4-6-13(22-3)7-5-12/h4-7,11,14,16H,8-10H2,1-3H3,(H,20,21)/t14-,16+/m1/s1. The van der Waals surface area contributed by atoms with Gasteiger partial charge in [0.15, 0.2) is 0 Å². The monoisotopic (exact) mass is 305 g/mol. The minimum Gasteiger partial charge on any atom is -0.497 e. The van der Waals surface area contributed by atoms with Gasteiger partial charge in [-0.1, -0.05) is 26.0 Å². The maximum atomic E-state index is 12.2. The molecule has 1 aromatic rings. The van der Waals surface area contributed by atoms with E-state index in [1.165, 1.54) is 0 Å². The van der Waals surface area contributed by atoms with Crippen LogP contribution in [0.3, 0.4) is 0 Å². The molecule has 1 aliphatic rings. The van der Waals surface area contributed by atoms with Crippen molar-refractivity contribution in [1.29, 1.82) is 0 Å². The molecule has 0 radical (unpaired) electrons. The third-order valence-corrected chi connectivity index (χ3v) is 4.15. The highest BCUT2D eigenvalue weighted by Gasteiger charge is 2.44. The van der Waals surface area contributed by atoms with E-state index in [1.54, 1.807) is 24.1 Å². The first kappa shape index (κ1) is 16.3. The lowest BCUT2D eigenvalue weighted by atomic mass is 9.93. The molecule has 0 unspecified atom stereocenters. The van der Waals surface area contributed by atoms with Crippen molar-refractivity contribution in [3.63, 3.8) is 0 Å². The molecule has 120 valence electrons. The van der Waals surface area contributed by atoms with Crippen molar-refractivity contribution < 1.29 is 19.4 Å². The van der Waals surface area contributed by atoms with Gasteiger partial charge in [0.25, 0.3) is 0 Å². The van der Waals surface area contributed by atoms with Crippen molar-refractivity contribution >= 4 is 11.9 Å². The van der Waals surface area contributed by atoms with Crippen LogP contribution < -0.4 is 4.74 Å². The Hall–Kier alpha value is -2.04. The molecule has 0 spiro atoms. The Kier molecular flexibility index (Phi) is 5.06. The Morgan fingerprint density at radius 3 is 2.50 bits per heavy atom. The lowest BCUT2D eigenvalue weighted by Gasteiger charge is -2.28. The van der Waals surface area contributed by atoms with Gasteiger partial charge in [-0.2, -0.15) is 0 Å². The van der Waals surface area contributed by atoms with E-state index in [4.69, 9.17) is 4.74 Å². The number of hydrogen-bond donors (Lipinski definition) is 1. The summed E-state index contributed by atoms with van der Waals surface area (Å²) in [5, 5.41) is 9.46. The van der Waals surface area contributed by atoms with Crippen LogP contribution in [0.5, 0.6) is 5.75 Å². The Morgan fingerprint density at radius 2 is 2.00 bits per heavy atom. The maximum Gasteiger partial charge on any atom is 0.309 e. The van der Waals surface area contributed by atoms with Gasteiger partial charge in [0, 0.05) is 13.0 Å². The van der Waals surface area contributed by atoms with Crippen LogP contribution in [0.4, 0.5) is 0 Å². The number of ether oxygens (including phenoxy) is 1. The SMILES string of the molecule is COc1ccc([C@H]2[C@H](C(=O)O)CC(=O)N2CCC(C)C)cc1. The third kappa shape index (κ3) is 3.40. The summed E-state index contributed by atoms with van der Waals surface area (Å²) in [6.07, 6.45) is 0.939. The zero-order valence-corrected chi connectivity index (χ0v) is 13.3. The van der Waals surface area contributed by atoms with Crippen molar-refractivity contribution in [2.24, 2.45) is 11.8 Å². The molecule has 1 N–H and O–H groups in total. The first-order valence-electron chi connectivity index (χ1n) is 7.60. The van der Waals surface area contributed by atoms with E-state index in [0.717, 1.165) is 12.0 Å². The molecule has 1 aliphatic heterocycles. The number of carboxylic acid groups (broad SMARTS) is 1. The number of carboxylic acids is 1. The summed E-state index contributed by atoms with van der Waals surface area (Å²) in [7, 11) is 1.59. The van der Waals surface area contributed by atoms with Crippen LogP contribution in [0, 0.1) is 11.8 Å². The van der Waals surface area contributed by atoms with Crippen LogP contribution in [0.15, 0.2) is 24.3 Å². The summed E-state index contributed by atoms with van der Waals surface area (Å²) >= 11 is 0. The molecule has 1 saturated heterocycles. The van der Waals surface area contributed by atoms with Gasteiger partial charge in [-0.3, -0.25) is 9.59 Å². The van der Waals surface area contributed by atoms with Gasteiger partial charge >= 0.3 is 5.97 Å². The quantitative estimate of drug-likeness (QED) is 0.877. The lowest BCUT2D eigenvalue weighted by Crippen LogP contribution is -2.32. The number of carbonyl (C=O) groups is 2. The fourth-order valence-corrected chi connectivity index (χ4v) is 2.89. The summed E-state index contributed by atoms with van der Waals surface area (Å²) in [5.41, 5.74) is 0.850. The minimum absolute atomic E-state index is 0.0735. The Bertz CT molecular complexity index is 538. The molecule has 2 atom stereocenters. The molecule has 0 saturated carbocycles. The number of methoxy groups -OCH3 is 1. The van der Waals surface area contributed by atoms with Crippen LogP contribution in [-0.2, 0) is 9.59 Å². The lowest BCUT2D eigenvalue weighted by molar-refractivity contribution is -0.142. The topological polar surface area (TPSA) is 66.8 Å². The molecule has 0 bridgehead atoms. The molecule has 22 heavy (non-hydrogen) atoms. The molecular formula is C17H23NO4. The summed E-state index contributed by atoms with van der Waals surface area (Å²) < 4.78 is 5.14. The summed E-state index contributed by atoms with van der Waals surface area (Å²) in [5.74, 6) is -0.495. The first-order chi connectivity index (χ1) is 10.4. The molecule has 2 rings (SSSR count). The van der Waals surface area contributed by atoms with E-state index in [1.807, 2.05) is 12.1 Å². The number of hydrogen-bond acceptors (Lipinski definition) is 3. The van der Waals surface area contributed by atoms with Gasteiger partial charge in [0.2, 0.25) is 5.91 Å². The Morgan fingerprint density at radius 1 is 1.36 bits per heavy atom. The fraction of sp³-hybridized carbons (Fsp3) is 0.529. The predicted molar refractivity (Wildman–Crippen MR) is 82.6 cm³/mol. The second-order valence-electron chi connectivity index (χ2n) is 6.14. The fourth-order valence-electron chi connectivity index (χ4n) is 2.89. The smallest absolute Gasteiger partial charge is 0.309 e. The molecule has 0 aliphatic carbocycles. The minimum atomic E-state index is -0.916. The van der Waals surface area contributed by atoms with Gasteiger partial charge in [0.05, 0.1) is 19.1 Å². The van der Waals surface area contributed by atoms with Crippen molar-refractivity contribution in [3.8, 4) is 5.75 Å². The average Bonchev–Trinajstić information content (AvgIpc) is 2.82. The number of carbonyl (C=O) groups excluding carboxylic acids is 1. The van der Waals surface area contributed by atoms with E-state index < -0.39 is 17.9 Å². The number of nitrogens with zero attached hydrogens (tertiary/aromatic N) is 1. The van der Waals surface area contributed by atoms with Crippen LogP contribution in [0.2, 0.25) is 0 Å². The Balaban J connectivity index is 2.29.